The van der Waals surface area contributed by atoms with Crippen LogP contribution in [0.15, 0.2) is 40.2 Å². The highest BCUT2D eigenvalue weighted by Gasteiger charge is 2.38. The van der Waals surface area contributed by atoms with E-state index in [1.807, 2.05) is 0 Å². The number of carboxylic acids is 3. The van der Waals surface area contributed by atoms with E-state index in [1.54, 1.807) is 0 Å². The zero-order chi connectivity index (χ0) is 48.0. The molecule has 1 aliphatic heterocycles. The first-order valence-electron chi connectivity index (χ1n) is 19.4. The maximum atomic E-state index is 13.5. The summed E-state index contributed by atoms with van der Waals surface area (Å²) in [7, 11) is 1.27. The maximum absolute atomic E-state index is 13.5. The second-order valence-corrected chi connectivity index (χ2v) is 15.5. The number of anilines is 2. The molecule has 0 aliphatic carbocycles. The number of aliphatic carboxylic acids is 3. The van der Waals surface area contributed by atoms with Gasteiger partial charge in [-0.15, -0.1) is 11.8 Å². The minimum atomic E-state index is -1.87. The predicted molar refractivity (Wildman–Crippen MR) is 228 cm³/mol. The van der Waals surface area contributed by atoms with Crippen LogP contribution in [0.25, 0.3) is 11.2 Å². The van der Waals surface area contributed by atoms with Crippen molar-refractivity contribution in [3.05, 3.63) is 52.1 Å². The summed E-state index contributed by atoms with van der Waals surface area (Å²) in [5, 5.41) is 40.3. The zero-order valence-electron chi connectivity index (χ0n) is 34.4. The lowest BCUT2D eigenvalue weighted by Crippen LogP contribution is -2.56. The van der Waals surface area contributed by atoms with Crippen LogP contribution in [0, 0.1) is 0 Å². The Labute approximate surface area is 371 Å². The Bertz CT molecular complexity index is 2410. The number of nitrogens with two attached hydrogens (primary N) is 3. The fourth-order valence-corrected chi connectivity index (χ4v) is 7.18. The van der Waals surface area contributed by atoms with Gasteiger partial charge in [0.2, 0.25) is 35.5 Å². The van der Waals surface area contributed by atoms with Gasteiger partial charge in [0.15, 0.2) is 17.1 Å². The number of carbonyl (C=O) groups is 9. The van der Waals surface area contributed by atoms with E-state index in [4.69, 9.17) is 17.2 Å². The molecule has 15 N–H and O–H groups in total. The van der Waals surface area contributed by atoms with Crippen molar-refractivity contribution in [2.24, 2.45) is 16.5 Å². The molecule has 3 heterocycles. The molecule has 6 amide bonds. The van der Waals surface area contributed by atoms with Crippen molar-refractivity contribution in [3.63, 3.8) is 0 Å². The number of guanidine groups is 1. The molecule has 1 fully saturated rings. The van der Waals surface area contributed by atoms with E-state index >= 15 is 0 Å². The molecule has 2 aromatic heterocycles. The summed E-state index contributed by atoms with van der Waals surface area (Å²) in [6.45, 7) is 0.101. The van der Waals surface area contributed by atoms with Gasteiger partial charge in [0.05, 0.1) is 30.1 Å². The Hall–Kier alpha value is -7.91. The number of nitrogens with zero attached hydrogens (tertiary/aromatic N) is 5. The van der Waals surface area contributed by atoms with E-state index in [0.29, 0.717) is 11.4 Å². The number of imide groups is 1. The molecule has 3 aromatic rings. The minimum Gasteiger partial charge on any atom is -0.481 e. The average molecular weight is 927 g/mol. The van der Waals surface area contributed by atoms with Crippen LogP contribution in [0.5, 0.6) is 0 Å². The number of benzene rings is 1. The largest absolute Gasteiger partial charge is 0.481 e. The van der Waals surface area contributed by atoms with Crippen LogP contribution in [-0.2, 0) is 44.9 Å². The SMILES string of the molecule is CN1C(=O)CC(SC[C@H](NC(=O)[C@H](CC(=O)O)NC(=O)[C@H](CCCN=C(N)N)NC(=O)CC[C@H](NC(=O)c2ccc(NCc3cnc4nc(N)[nH]c(=O)c4n3)cc2)C(=O)O)C(=O)O)C1=O. The molecule has 5 atom stereocenters. The number of likely N-dealkylation sites (tertiary alicyclic amines) is 1. The maximum Gasteiger partial charge on any atom is 0.327 e. The number of hydrogen-bond acceptors (Lipinski definition) is 17. The lowest BCUT2D eigenvalue weighted by molar-refractivity contribution is -0.143. The Kier molecular flexibility index (Phi) is 17.6. The number of carboxylic acid groups (broad SMARTS) is 3. The molecule has 4 rings (SSSR count). The number of fused-ring (bicyclic) bond motifs is 1. The minimum absolute atomic E-state index is 0.0137. The second-order valence-electron chi connectivity index (χ2n) is 14.3. The number of nitrogen functional groups attached to an aromatic ring is 1. The van der Waals surface area contributed by atoms with E-state index in [-0.39, 0.29) is 61.0 Å². The molecule has 0 bridgehead atoms. The number of amides is 6. The van der Waals surface area contributed by atoms with Crippen LogP contribution >= 0.6 is 11.8 Å². The van der Waals surface area contributed by atoms with Crippen LogP contribution in [0.2, 0.25) is 0 Å². The number of rotatable bonds is 24. The van der Waals surface area contributed by atoms with Crippen molar-refractivity contribution >= 4 is 93.9 Å². The summed E-state index contributed by atoms with van der Waals surface area (Å²) in [6, 6.07) is -0.764. The summed E-state index contributed by atoms with van der Waals surface area (Å²) >= 11 is 0.791. The lowest BCUT2D eigenvalue weighted by atomic mass is 10.1. The Morgan fingerprint density at radius 3 is 2.17 bits per heavy atom. The lowest BCUT2D eigenvalue weighted by Gasteiger charge is -2.24. The first kappa shape index (κ1) is 49.7. The molecule has 348 valence electrons. The van der Waals surface area contributed by atoms with Crippen LogP contribution in [-0.4, -0.2) is 148 Å². The van der Waals surface area contributed by atoms with E-state index in [0.717, 1.165) is 16.7 Å². The fourth-order valence-electron chi connectivity index (χ4n) is 5.97. The van der Waals surface area contributed by atoms with E-state index in [1.165, 1.54) is 37.5 Å². The summed E-state index contributed by atoms with van der Waals surface area (Å²) in [6.07, 6.45) is -0.939. The molecular formula is C37H46N14O13S. The number of aromatic nitrogens is 4. The number of H-pyrrole nitrogens is 1. The average Bonchev–Trinajstić information content (AvgIpc) is 3.49. The van der Waals surface area contributed by atoms with Crippen LogP contribution in [0.1, 0.15) is 54.6 Å². The monoisotopic (exact) mass is 926 g/mol. The van der Waals surface area contributed by atoms with Gasteiger partial charge in [0.25, 0.3) is 11.5 Å². The van der Waals surface area contributed by atoms with Gasteiger partial charge in [-0.2, -0.15) is 4.98 Å². The Balaban J connectivity index is 1.35. The summed E-state index contributed by atoms with van der Waals surface area (Å²) in [5.41, 5.74) is 16.7. The first-order valence-corrected chi connectivity index (χ1v) is 20.5. The highest BCUT2D eigenvalue weighted by Crippen LogP contribution is 2.25. The van der Waals surface area contributed by atoms with Gasteiger partial charge >= 0.3 is 17.9 Å². The highest BCUT2D eigenvalue weighted by atomic mass is 32.2. The number of thioether (sulfide) groups is 1. The van der Waals surface area contributed by atoms with Gasteiger partial charge < -0.3 is 59.1 Å². The van der Waals surface area contributed by atoms with Gasteiger partial charge in [0.1, 0.15) is 24.2 Å². The van der Waals surface area contributed by atoms with Gasteiger partial charge in [-0.1, -0.05) is 0 Å². The molecule has 1 aliphatic rings. The number of nitrogens with one attached hydrogen (secondary N) is 6. The number of aromatic amines is 1. The molecule has 65 heavy (non-hydrogen) atoms. The summed E-state index contributed by atoms with van der Waals surface area (Å²) in [4.78, 5) is 144. The van der Waals surface area contributed by atoms with Gasteiger partial charge in [-0.05, 0) is 43.5 Å². The summed E-state index contributed by atoms with van der Waals surface area (Å²) in [5.74, 6) is -10.4. The zero-order valence-corrected chi connectivity index (χ0v) is 35.3. The molecule has 0 spiro atoms. The van der Waals surface area contributed by atoms with E-state index < -0.39 is 113 Å². The molecule has 28 heteroatoms. The normalized spacial score (nSPS) is 15.2. The number of aliphatic imine (C=N–C) groups is 1. The van der Waals surface area contributed by atoms with Crippen molar-refractivity contribution in [1.82, 2.24) is 46.1 Å². The van der Waals surface area contributed by atoms with E-state index in [2.05, 4.69) is 51.5 Å². The molecule has 27 nitrogen and oxygen atoms in total. The molecule has 0 radical (unpaired) electrons. The second kappa shape index (κ2) is 23.0. The molecule has 1 aromatic carbocycles. The Morgan fingerprint density at radius 1 is 0.892 bits per heavy atom. The van der Waals surface area contributed by atoms with Crippen LogP contribution in [0.4, 0.5) is 11.6 Å². The third kappa shape index (κ3) is 14.9. The van der Waals surface area contributed by atoms with E-state index in [9.17, 15) is 63.3 Å². The van der Waals surface area contributed by atoms with Crippen molar-refractivity contribution in [2.75, 3.05) is 30.4 Å². The van der Waals surface area contributed by atoms with Crippen LogP contribution in [0.3, 0.4) is 0 Å². The third-order valence-corrected chi connectivity index (χ3v) is 10.7. The molecule has 1 saturated heterocycles. The molecular weight excluding hydrogens is 881 g/mol. The first-order chi connectivity index (χ1) is 30.7. The van der Waals surface area contributed by atoms with Gasteiger partial charge in [-0.25, -0.2) is 19.6 Å². The van der Waals surface area contributed by atoms with Crippen LogP contribution < -0.4 is 49.3 Å². The molecule has 0 saturated carbocycles. The number of carbonyl (C=O) groups excluding carboxylic acids is 6. The quantitative estimate of drug-likeness (QED) is 0.0179. The highest BCUT2D eigenvalue weighted by molar-refractivity contribution is 8.00. The number of hydrogen-bond donors (Lipinski definition) is 12. The Morgan fingerprint density at radius 2 is 1.55 bits per heavy atom. The summed E-state index contributed by atoms with van der Waals surface area (Å²) < 4.78 is 0. The van der Waals surface area contributed by atoms with Crippen molar-refractivity contribution in [1.29, 1.82) is 0 Å². The fraction of sp³-hybridized carbons (Fsp3) is 0.405. The topological polar surface area (TPSA) is 440 Å². The third-order valence-electron chi connectivity index (χ3n) is 9.40. The van der Waals surface area contributed by atoms with Gasteiger partial charge in [-0.3, -0.25) is 53.2 Å². The molecule has 1 unspecified atom stereocenters. The van der Waals surface area contributed by atoms with Crippen molar-refractivity contribution < 1.29 is 58.5 Å². The standard InChI is InChI=1S/C37H46N14O13S/c1-51-25(53)12-23(33(51)60)65-15-22(35(63)64)48-31(58)21(11-26(54)55)47-30(57)19(3-2-10-41-36(38)39)45-24(52)9-8-20(34(61)62)46-29(56)16-4-6-17(7-5-16)42-13-18-14-43-28-27(44-18)32(59)50-37(40)49-28/h4-7,14,19-23,42H,2-3,8-13,15H2,1H3,(H,45,52)(H,46,56)(H,47,57)(H,48,58)(H,54,55)(H,61,62)(H,63,64)(H4,38,39,41)(H3,40,43,49,50,59)/t19-,20-,21-,22-,23?/m0/s1. The van der Waals surface area contributed by atoms with Gasteiger partial charge in [0, 0.05) is 43.4 Å². The predicted octanol–water partition coefficient (Wildman–Crippen LogP) is -3.57. The smallest absolute Gasteiger partial charge is 0.327 e. The van der Waals surface area contributed by atoms with Crippen molar-refractivity contribution in [2.45, 2.75) is 74.5 Å². The van der Waals surface area contributed by atoms with Crippen molar-refractivity contribution in [3.8, 4) is 0 Å².